The zero-order valence-corrected chi connectivity index (χ0v) is 13.1. The largest absolute Gasteiger partial charge is 0.497 e. The number of rotatable bonds is 3. The van der Waals surface area contributed by atoms with Crippen molar-refractivity contribution in [2.24, 2.45) is 0 Å². The van der Waals surface area contributed by atoms with Crippen molar-refractivity contribution >= 4 is 5.97 Å². The highest BCUT2D eigenvalue weighted by molar-refractivity contribution is 5.93. The van der Waals surface area contributed by atoms with Crippen LogP contribution in [0, 0.1) is 11.8 Å². The van der Waals surface area contributed by atoms with Crippen molar-refractivity contribution in [1.82, 2.24) is 4.57 Å². The van der Waals surface area contributed by atoms with Crippen LogP contribution in [0.5, 0.6) is 5.75 Å². The highest BCUT2D eigenvalue weighted by Gasteiger charge is 2.14. The summed E-state index contributed by atoms with van der Waals surface area (Å²) in [7, 11) is 1.60. The molecule has 0 aliphatic heterocycles. The Hall–Kier alpha value is -3.45. The first-order chi connectivity index (χ1) is 11.7. The molecular weight excluding hydrogens is 302 g/mol. The van der Waals surface area contributed by atoms with Crippen LogP contribution >= 0.6 is 0 Å². The van der Waals surface area contributed by atoms with Gasteiger partial charge in [-0.2, -0.15) is 0 Å². The average molecular weight is 317 g/mol. The Morgan fingerprint density at radius 2 is 1.79 bits per heavy atom. The lowest BCUT2D eigenvalue weighted by Crippen LogP contribution is -2.06. The van der Waals surface area contributed by atoms with Crippen molar-refractivity contribution < 1.29 is 14.6 Å². The molecular formula is C20H15NO3. The standard InChI is InChI=1S/C20H15NO3/c1-24-17-8-4-6-15(14-17)10-11-16-7-5-9-18(20(22)23)19(16)21-12-2-3-13-21/h2-9,12-14H,1H3,(H,22,23). The van der Waals surface area contributed by atoms with E-state index in [9.17, 15) is 9.90 Å². The molecule has 0 spiro atoms. The van der Waals surface area contributed by atoms with Crippen LogP contribution in [0.4, 0.5) is 0 Å². The van der Waals surface area contributed by atoms with Gasteiger partial charge in [-0.3, -0.25) is 0 Å². The van der Waals surface area contributed by atoms with Gasteiger partial charge in [-0.25, -0.2) is 4.79 Å². The number of aromatic nitrogens is 1. The summed E-state index contributed by atoms with van der Waals surface area (Å²) in [5.41, 5.74) is 2.22. The molecule has 0 atom stereocenters. The second-order valence-electron chi connectivity index (χ2n) is 5.08. The quantitative estimate of drug-likeness (QED) is 0.751. The Morgan fingerprint density at radius 3 is 2.50 bits per heavy atom. The maximum absolute atomic E-state index is 11.5. The number of ether oxygens (including phenoxy) is 1. The maximum Gasteiger partial charge on any atom is 0.337 e. The predicted octanol–water partition coefficient (Wildman–Crippen LogP) is 3.58. The van der Waals surface area contributed by atoms with Gasteiger partial charge in [-0.1, -0.05) is 24.0 Å². The van der Waals surface area contributed by atoms with Gasteiger partial charge in [0, 0.05) is 23.5 Å². The first-order valence-corrected chi connectivity index (χ1v) is 7.35. The molecule has 24 heavy (non-hydrogen) atoms. The van der Waals surface area contributed by atoms with E-state index in [2.05, 4.69) is 11.8 Å². The summed E-state index contributed by atoms with van der Waals surface area (Å²) >= 11 is 0. The summed E-state index contributed by atoms with van der Waals surface area (Å²) in [6.07, 6.45) is 3.61. The van der Waals surface area contributed by atoms with Gasteiger partial charge in [0.1, 0.15) is 5.75 Å². The fraction of sp³-hybridized carbons (Fsp3) is 0.0500. The molecule has 2 aromatic carbocycles. The fourth-order valence-electron chi connectivity index (χ4n) is 2.42. The van der Waals surface area contributed by atoms with E-state index in [1.54, 1.807) is 36.2 Å². The minimum atomic E-state index is -0.983. The molecule has 0 bridgehead atoms. The molecule has 0 aliphatic rings. The number of benzene rings is 2. The van der Waals surface area contributed by atoms with Gasteiger partial charge >= 0.3 is 5.97 Å². The second kappa shape index (κ2) is 6.76. The highest BCUT2D eigenvalue weighted by Crippen LogP contribution is 2.20. The normalized spacial score (nSPS) is 9.88. The van der Waals surface area contributed by atoms with Crippen LogP contribution in [0.15, 0.2) is 67.0 Å². The summed E-state index contributed by atoms with van der Waals surface area (Å²) in [6.45, 7) is 0. The fourth-order valence-corrected chi connectivity index (χ4v) is 2.42. The lowest BCUT2D eigenvalue weighted by molar-refractivity contribution is 0.0697. The molecule has 1 aromatic heterocycles. The third-order valence-corrected chi connectivity index (χ3v) is 3.54. The van der Waals surface area contributed by atoms with Crippen molar-refractivity contribution in [2.75, 3.05) is 7.11 Å². The van der Waals surface area contributed by atoms with Gasteiger partial charge in [-0.15, -0.1) is 0 Å². The van der Waals surface area contributed by atoms with E-state index in [0.29, 0.717) is 11.3 Å². The molecule has 1 heterocycles. The Kier molecular flexibility index (Phi) is 4.35. The molecule has 0 radical (unpaired) electrons. The summed E-state index contributed by atoms with van der Waals surface area (Å²) in [6, 6.07) is 16.2. The first kappa shape index (κ1) is 15.4. The number of hydrogen-bond donors (Lipinski definition) is 1. The highest BCUT2D eigenvalue weighted by atomic mass is 16.5. The Balaban J connectivity index is 2.11. The number of para-hydroxylation sites is 1. The van der Waals surface area contributed by atoms with E-state index in [0.717, 1.165) is 11.3 Å². The van der Waals surface area contributed by atoms with E-state index in [-0.39, 0.29) is 5.56 Å². The zero-order valence-electron chi connectivity index (χ0n) is 13.1. The smallest absolute Gasteiger partial charge is 0.337 e. The van der Waals surface area contributed by atoms with Crippen LogP contribution < -0.4 is 4.74 Å². The van der Waals surface area contributed by atoms with Crippen molar-refractivity contribution in [3.8, 4) is 23.3 Å². The predicted molar refractivity (Wildman–Crippen MR) is 91.7 cm³/mol. The molecule has 0 aliphatic carbocycles. The van der Waals surface area contributed by atoms with E-state index in [1.807, 2.05) is 42.5 Å². The molecule has 118 valence electrons. The molecule has 3 rings (SSSR count). The number of aromatic carboxylic acids is 1. The zero-order chi connectivity index (χ0) is 16.9. The minimum absolute atomic E-state index is 0.212. The summed E-state index contributed by atoms with van der Waals surface area (Å²) in [5, 5.41) is 9.46. The molecule has 4 heteroatoms. The molecule has 1 N–H and O–H groups in total. The van der Waals surface area contributed by atoms with E-state index in [1.165, 1.54) is 0 Å². The van der Waals surface area contributed by atoms with Gasteiger partial charge in [-0.05, 0) is 42.5 Å². The van der Waals surface area contributed by atoms with Gasteiger partial charge < -0.3 is 14.4 Å². The van der Waals surface area contributed by atoms with Crippen LogP contribution in [0.25, 0.3) is 5.69 Å². The molecule has 4 nitrogen and oxygen atoms in total. The van der Waals surface area contributed by atoms with Crippen LogP contribution in [0.2, 0.25) is 0 Å². The monoisotopic (exact) mass is 317 g/mol. The second-order valence-corrected chi connectivity index (χ2v) is 5.08. The topological polar surface area (TPSA) is 51.5 Å². The Bertz CT molecular complexity index is 931. The molecule has 0 unspecified atom stereocenters. The van der Waals surface area contributed by atoms with Crippen LogP contribution in [-0.4, -0.2) is 22.8 Å². The third kappa shape index (κ3) is 3.16. The van der Waals surface area contributed by atoms with Crippen LogP contribution in [0.1, 0.15) is 21.5 Å². The van der Waals surface area contributed by atoms with E-state index >= 15 is 0 Å². The number of nitrogens with zero attached hydrogens (tertiary/aromatic N) is 1. The number of carboxylic acids is 1. The average Bonchev–Trinajstić information content (AvgIpc) is 3.14. The van der Waals surface area contributed by atoms with E-state index < -0.39 is 5.97 Å². The van der Waals surface area contributed by atoms with Gasteiger partial charge in [0.05, 0.1) is 18.4 Å². The summed E-state index contributed by atoms with van der Waals surface area (Å²) in [4.78, 5) is 11.5. The van der Waals surface area contributed by atoms with Crippen molar-refractivity contribution in [1.29, 1.82) is 0 Å². The third-order valence-electron chi connectivity index (χ3n) is 3.54. The molecule has 0 fully saturated rings. The summed E-state index contributed by atoms with van der Waals surface area (Å²) in [5.74, 6) is 5.89. The number of carboxylic acid groups (broad SMARTS) is 1. The first-order valence-electron chi connectivity index (χ1n) is 7.35. The Labute approximate surface area is 139 Å². The SMILES string of the molecule is COc1cccc(C#Cc2cccc(C(=O)O)c2-n2cccc2)c1. The van der Waals surface area contributed by atoms with Crippen LogP contribution in [0.3, 0.4) is 0 Å². The van der Waals surface area contributed by atoms with Crippen molar-refractivity contribution in [2.45, 2.75) is 0 Å². The Morgan fingerprint density at radius 1 is 1.04 bits per heavy atom. The maximum atomic E-state index is 11.5. The lowest BCUT2D eigenvalue weighted by Gasteiger charge is -2.10. The lowest BCUT2D eigenvalue weighted by atomic mass is 10.1. The van der Waals surface area contributed by atoms with Crippen molar-refractivity contribution in [3.05, 3.63) is 83.7 Å². The number of hydrogen-bond acceptors (Lipinski definition) is 2. The molecule has 0 saturated carbocycles. The summed E-state index contributed by atoms with van der Waals surface area (Å²) < 4.78 is 6.95. The molecule has 3 aromatic rings. The molecule has 0 saturated heterocycles. The molecule has 0 amide bonds. The number of methoxy groups -OCH3 is 1. The van der Waals surface area contributed by atoms with E-state index in [4.69, 9.17) is 4.74 Å². The van der Waals surface area contributed by atoms with Crippen LogP contribution in [-0.2, 0) is 0 Å². The van der Waals surface area contributed by atoms with Gasteiger partial charge in [0.25, 0.3) is 0 Å². The number of carbonyl (C=O) groups is 1. The van der Waals surface area contributed by atoms with Gasteiger partial charge in [0.2, 0.25) is 0 Å². The van der Waals surface area contributed by atoms with Crippen molar-refractivity contribution in [3.63, 3.8) is 0 Å². The minimum Gasteiger partial charge on any atom is -0.497 e. The van der Waals surface area contributed by atoms with Gasteiger partial charge in [0.15, 0.2) is 0 Å².